The number of benzene rings is 3. The second-order valence-electron chi connectivity index (χ2n) is 9.52. The van der Waals surface area contributed by atoms with Gasteiger partial charge in [0.1, 0.15) is 11.4 Å². The molecule has 37 heavy (non-hydrogen) atoms. The number of oxazole rings is 1. The second kappa shape index (κ2) is 11.0. The zero-order chi connectivity index (χ0) is 25.7. The van der Waals surface area contributed by atoms with E-state index in [1.54, 1.807) is 6.07 Å². The first-order chi connectivity index (χ1) is 18.1. The number of aliphatic hydroxyl groups is 1. The van der Waals surface area contributed by atoms with Crippen molar-refractivity contribution in [2.24, 2.45) is 0 Å². The van der Waals surface area contributed by atoms with E-state index in [1.165, 1.54) is 0 Å². The van der Waals surface area contributed by atoms with Crippen LogP contribution in [0, 0.1) is 0 Å². The summed E-state index contributed by atoms with van der Waals surface area (Å²) in [6.07, 6.45) is 5.81. The number of carbonyl (C=O) groups excluding carboxylic acids is 1. The van der Waals surface area contributed by atoms with Crippen molar-refractivity contribution < 1.29 is 19.1 Å². The van der Waals surface area contributed by atoms with Crippen molar-refractivity contribution in [2.75, 3.05) is 0 Å². The Morgan fingerprint density at radius 1 is 1.00 bits per heavy atom. The van der Waals surface area contributed by atoms with Crippen molar-refractivity contribution in [1.29, 1.82) is 0 Å². The SMILES string of the molecule is CCCC(=O)Oc1cccc(CC2(O)CCCC=C2c2nc(-c3ccccc3)c(-c3ccccc3)o2)c1. The maximum Gasteiger partial charge on any atom is 0.311 e. The summed E-state index contributed by atoms with van der Waals surface area (Å²) >= 11 is 0. The lowest BCUT2D eigenvalue weighted by Crippen LogP contribution is -2.35. The summed E-state index contributed by atoms with van der Waals surface area (Å²) in [7, 11) is 0. The lowest BCUT2D eigenvalue weighted by atomic mass is 9.78. The number of allylic oxidation sites excluding steroid dienone is 1. The molecule has 4 aromatic rings. The molecule has 1 aliphatic carbocycles. The van der Waals surface area contributed by atoms with Gasteiger partial charge in [0.05, 0.1) is 5.60 Å². The average Bonchev–Trinajstić information content (AvgIpc) is 3.35. The molecule has 1 atom stereocenters. The Bertz CT molecular complexity index is 1330. The van der Waals surface area contributed by atoms with Gasteiger partial charge in [-0.25, -0.2) is 4.98 Å². The van der Waals surface area contributed by atoms with Gasteiger partial charge in [0.2, 0.25) is 5.89 Å². The number of hydrogen-bond donors (Lipinski definition) is 1. The summed E-state index contributed by atoms with van der Waals surface area (Å²) < 4.78 is 11.9. The fourth-order valence-electron chi connectivity index (χ4n) is 4.89. The molecule has 5 heteroatoms. The van der Waals surface area contributed by atoms with Crippen LogP contribution < -0.4 is 4.74 Å². The predicted molar refractivity (Wildman–Crippen MR) is 145 cm³/mol. The van der Waals surface area contributed by atoms with Gasteiger partial charge >= 0.3 is 5.97 Å². The van der Waals surface area contributed by atoms with Crippen molar-refractivity contribution in [2.45, 2.75) is 51.0 Å². The minimum atomic E-state index is -1.16. The van der Waals surface area contributed by atoms with Crippen LogP contribution in [0.15, 0.2) is 95.4 Å². The largest absolute Gasteiger partial charge is 0.436 e. The summed E-state index contributed by atoms with van der Waals surface area (Å²) in [5.74, 6) is 1.36. The van der Waals surface area contributed by atoms with Crippen LogP contribution in [0.25, 0.3) is 28.2 Å². The minimum Gasteiger partial charge on any atom is -0.436 e. The third-order valence-electron chi connectivity index (χ3n) is 6.67. The van der Waals surface area contributed by atoms with Crippen LogP contribution in [-0.4, -0.2) is 21.7 Å². The molecule has 1 unspecified atom stereocenters. The summed E-state index contributed by atoms with van der Waals surface area (Å²) in [5.41, 5.74) is 3.07. The van der Waals surface area contributed by atoms with E-state index in [0.29, 0.717) is 42.2 Å². The first-order valence-corrected chi connectivity index (χ1v) is 12.9. The lowest BCUT2D eigenvalue weighted by Gasteiger charge is -2.32. The highest BCUT2D eigenvalue weighted by Crippen LogP contribution is 2.42. The molecule has 0 bridgehead atoms. The first-order valence-electron chi connectivity index (χ1n) is 12.9. The molecule has 1 heterocycles. The van der Waals surface area contributed by atoms with Gasteiger partial charge in [0, 0.05) is 29.5 Å². The molecule has 3 aromatic carbocycles. The van der Waals surface area contributed by atoms with Gasteiger partial charge in [-0.1, -0.05) is 85.8 Å². The number of ether oxygens (including phenoxy) is 1. The van der Waals surface area contributed by atoms with Gasteiger partial charge in [0.25, 0.3) is 0 Å². The molecular weight excluding hydrogens is 462 g/mol. The van der Waals surface area contributed by atoms with Crippen LogP contribution in [0.1, 0.15) is 50.5 Å². The van der Waals surface area contributed by atoms with Crippen LogP contribution in [0.5, 0.6) is 5.75 Å². The number of nitrogens with zero attached hydrogens (tertiary/aromatic N) is 1. The standard InChI is InChI=1S/C32H31NO4/c1-2-12-28(34)36-26-18-11-13-23(21-26)22-32(35)20-10-9-19-27(32)31-33-29(24-14-5-3-6-15-24)30(37-31)25-16-7-4-8-17-25/h3-8,11,13-19,21,35H,2,9-10,12,20,22H2,1H3. The fourth-order valence-corrected chi connectivity index (χ4v) is 4.89. The van der Waals surface area contributed by atoms with Gasteiger partial charge < -0.3 is 14.3 Å². The molecule has 5 rings (SSSR count). The van der Waals surface area contributed by atoms with E-state index in [4.69, 9.17) is 14.1 Å². The monoisotopic (exact) mass is 493 g/mol. The van der Waals surface area contributed by atoms with Crippen molar-refractivity contribution in [1.82, 2.24) is 4.98 Å². The molecule has 188 valence electrons. The van der Waals surface area contributed by atoms with Crippen LogP contribution in [0.4, 0.5) is 0 Å². The zero-order valence-electron chi connectivity index (χ0n) is 21.0. The molecule has 1 aliphatic rings. The van der Waals surface area contributed by atoms with Gasteiger partial charge in [-0.3, -0.25) is 4.79 Å². The minimum absolute atomic E-state index is 0.252. The number of esters is 1. The van der Waals surface area contributed by atoms with E-state index < -0.39 is 5.60 Å². The van der Waals surface area contributed by atoms with Crippen LogP contribution >= 0.6 is 0 Å². The van der Waals surface area contributed by atoms with E-state index in [9.17, 15) is 9.90 Å². The molecule has 1 N–H and O–H groups in total. The van der Waals surface area contributed by atoms with E-state index in [0.717, 1.165) is 41.6 Å². The smallest absolute Gasteiger partial charge is 0.311 e. The molecule has 5 nitrogen and oxygen atoms in total. The number of carbonyl (C=O) groups is 1. The van der Waals surface area contributed by atoms with Gasteiger partial charge in [-0.15, -0.1) is 0 Å². The molecule has 0 saturated carbocycles. The average molecular weight is 494 g/mol. The maximum absolute atomic E-state index is 12.0. The van der Waals surface area contributed by atoms with E-state index >= 15 is 0 Å². The van der Waals surface area contributed by atoms with Crippen molar-refractivity contribution in [3.63, 3.8) is 0 Å². The van der Waals surface area contributed by atoms with Crippen molar-refractivity contribution in [3.8, 4) is 28.3 Å². The maximum atomic E-state index is 12.0. The van der Waals surface area contributed by atoms with Crippen molar-refractivity contribution >= 4 is 11.5 Å². The normalized spacial score (nSPS) is 17.3. The molecule has 0 fully saturated rings. The first kappa shape index (κ1) is 24.7. The molecule has 0 radical (unpaired) electrons. The highest BCUT2D eigenvalue weighted by atomic mass is 16.5. The van der Waals surface area contributed by atoms with E-state index in [2.05, 4.69) is 0 Å². The Morgan fingerprint density at radius 2 is 1.73 bits per heavy atom. The van der Waals surface area contributed by atoms with Gasteiger partial charge in [0.15, 0.2) is 5.76 Å². The Kier molecular flexibility index (Phi) is 7.33. The highest BCUT2D eigenvalue weighted by molar-refractivity contribution is 5.80. The van der Waals surface area contributed by atoms with Crippen LogP contribution in [0.2, 0.25) is 0 Å². The van der Waals surface area contributed by atoms with Gasteiger partial charge in [-0.2, -0.15) is 0 Å². The fraction of sp³-hybridized carbons (Fsp3) is 0.250. The predicted octanol–water partition coefficient (Wildman–Crippen LogP) is 7.26. The Balaban J connectivity index is 1.50. The Labute approximate surface area is 217 Å². The summed E-state index contributed by atoms with van der Waals surface area (Å²) in [5, 5.41) is 12.0. The Morgan fingerprint density at radius 3 is 2.46 bits per heavy atom. The third kappa shape index (κ3) is 5.57. The number of hydrogen-bond acceptors (Lipinski definition) is 5. The molecule has 0 aliphatic heterocycles. The van der Waals surface area contributed by atoms with Gasteiger partial charge in [-0.05, 0) is 43.4 Å². The van der Waals surface area contributed by atoms with E-state index in [1.807, 2.05) is 91.9 Å². The number of rotatable bonds is 8. The highest BCUT2D eigenvalue weighted by Gasteiger charge is 2.38. The number of aromatic nitrogens is 1. The quantitative estimate of drug-likeness (QED) is 0.207. The molecule has 0 saturated heterocycles. The third-order valence-corrected chi connectivity index (χ3v) is 6.67. The topological polar surface area (TPSA) is 72.6 Å². The molecular formula is C32H31NO4. The van der Waals surface area contributed by atoms with Crippen LogP contribution in [0.3, 0.4) is 0 Å². The molecule has 0 amide bonds. The second-order valence-corrected chi connectivity index (χ2v) is 9.52. The molecule has 0 spiro atoms. The molecule has 1 aromatic heterocycles. The lowest BCUT2D eigenvalue weighted by molar-refractivity contribution is -0.134. The summed E-state index contributed by atoms with van der Waals surface area (Å²) in [4.78, 5) is 16.9. The Hall–Kier alpha value is -3.96. The summed E-state index contributed by atoms with van der Waals surface area (Å²) in [6.45, 7) is 1.94. The van der Waals surface area contributed by atoms with Crippen molar-refractivity contribution in [3.05, 3.63) is 102 Å². The van der Waals surface area contributed by atoms with E-state index in [-0.39, 0.29) is 5.97 Å². The zero-order valence-corrected chi connectivity index (χ0v) is 21.0. The van der Waals surface area contributed by atoms with Crippen LogP contribution in [-0.2, 0) is 11.2 Å². The summed E-state index contributed by atoms with van der Waals surface area (Å²) in [6, 6.07) is 27.3.